The van der Waals surface area contributed by atoms with Crippen molar-refractivity contribution >= 4 is 34.9 Å². The van der Waals surface area contributed by atoms with Gasteiger partial charge in [0.05, 0.1) is 15.7 Å². The average Bonchev–Trinajstić information content (AvgIpc) is 2.81. The van der Waals surface area contributed by atoms with Crippen LogP contribution in [0.4, 0.5) is 10.2 Å². The van der Waals surface area contributed by atoms with E-state index < -0.39 is 5.82 Å². The fourth-order valence-corrected chi connectivity index (χ4v) is 4.52. The molecule has 4 rings (SSSR count). The molecule has 2 heterocycles. The molecule has 1 amide bonds. The molecule has 0 bridgehead atoms. The molecule has 0 spiro atoms. The van der Waals surface area contributed by atoms with Gasteiger partial charge < -0.3 is 14.5 Å². The maximum Gasteiger partial charge on any atom is 0.260 e. The van der Waals surface area contributed by atoms with Crippen molar-refractivity contribution in [1.82, 2.24) is 15.1 Å². The number of hydrogen-bond donors (Lipinski definition) is 0. The summed E-state index contributed by atoms with van der Waals surface area (Å²) in [5.74, 6) is 0.123. The lowest BCUT2D eigenvalue weighted by Crippen LogP contribution is -2.50. The summed E-state index contributed by atoms with van der Waals surface area (Å²) in [4.78, 5) is 16.4. The Morgan fingerprint density at radius 1 is 0.941 bits per heavy atom. The Hall–Kier alpha value is -2.90. The summed E-state index contributed by atoms with van der Waals surface area (Å²) >= 11 is 11.9. The Kier molecular flexibility index (Phi) is 7.24. The molecule has 0 saturated carbocycles. The molecule has 0 aliphatic carbocycles. The van der Waals surface area contributed by atoms with Crippen molar-refractivity contribution in [1.29, 1.82) is 0 Å². The van der Waals surface area contributed by atoms with Crippen LogP contribution in [0.25, 0.3) is 11.3 Å². The van der Waals surface area contributed by atoms with Crippen molar-refractivity contribution in [3.8, 4) is 17.0 Å². The predicted molar refractivity (Wildman–Crippen MR) is 132 cm³/mol. The molecule has 0 radical (unpaired) electrons. The number of aryl methyl sites for hydroxylation is 3. The largest absolute Gasteiger partial charge is 0.481 e. The molecule has 1 aromatic heterocycles. The van der Waals surface area contributed by atoms with Crippen LogP contribution in [0, 0.1) is 26.6 Å². The van der Waals surface area contributed by atoms with E-state index in [0.717, 1.165) is 29.2 Å². The maximum atomic E-state index is 13.3. The van der Waals surface area contributed by atoms with Gasteiger partial charge in [-0.1, -0.05) is 29.3 Å². The molecule has 0 atom stereocenters. The van der Waals surface area contributed by atoms with E-state index in [-0.39, 0.29) is 28.3 Å². The molecule has 34 heavy (non-hydrogen) atoms. The maximum absolute atomic E-state index is 13.3. The summed E-state index contributed by atoms with van der Waals surface area (Å²) in [6.45, 7) is 8.34. The molecule has 0 N–H and O–H groups in total. The Labute approximate surface area is 208 Å². The number of ether oxygens (including phenoxy) is 1. The summed E-state index contributed by atoms with van der Waals surface area (Å²) in [6, 6.07) is 10.5. The molecule has 6 nitrogen and oxygen atoms in total. The number of anilines is 1. The van der Waals surface area contributed by atoms with Crippen LogP contribution in [0.1, 0.15) is 16.7 Å². The SMILES string of the molecule is Cc1cc(C)c(-c2ccc(N3CCN(C(=O)COc4c(Cl)cc(F)cc4Cl)CC3)nn2)cc1C. The number of piperazine rings is 1. The fraction of sp³-hybridized carbons (Fsp3) is 0.320. The molecule has 0 unspecified atom stereocenters. The third kappa shape index (κ3) is 5.26. The second-order valence-corrected chi connectivity index (χ2v) is 9.20. The van der Waals surface area contributed by atoms with Crippen molar-refractivity contribution in [3.05, 3.63) is 69.0 Å². The molecule has 1 aliphatic heterocycles. The molecular weight excluding hydrogens is 478 g/mol. The average molecular weight is 503 g/mol. The van der Waals surface area contributed by atoms with Gasteiger partial charge in [0, 0.05) is 31.7 Å². The van der Waals surface area contributed by atoms with Gasteiger partial charge in [-0.2, -0.15) is 0 Å². The van der Waals surface area contributed by atoms with E-state index in [1.54, 1.807) is 4.90 Å². The van der Waals surface area contributed by atoms with Gasteiger partial charge in [0.2, 0.25) is 0 Å². The van der Waals surface area contributed by atoms with Crippen molar-refractivity contribution in [2.75, 3.05) is 37.7 Å². The molecule has 2 aromatic carbocycles. The minimum absolute atomic E-state index is 0.0284. The highest BCUT2D eigenvalue weighted by atomic mass is 35.5. The molecule has 1 fully saturated rings. The first-order chi connectivity index (χ1) is 16.2. The summed E-state index contributed by atoms with van der Waals surface area (Å²) in [6.07, 6.45) is 0. The van der Waals surface area contributed by atoms with Gasteiger partial charge in [0.1, 0.15) is 5.82 Å². The molecule has 3 aromatic rings. The van der Waals surface area contributed by atoms with E-state index in [1.165, 1.54) is 16.7 Å². The number of halogens is 3. The van der Waals surface area contributed by atoms with Crippen molar-refractivity contribution < 1.29 is 13.9 Å². The molecular formula is C25H25Cl2FN4O2. The van der Waals surface area contributed by atoms with Gasteiger partial charge in [-0.3, -0.25) is 4.79 Å². The highest BCUT2D eigenvalue weighted by Crippen LogP contribution is 2.33. The minimum atomic E-state index is -0.565. The van der Waals surface area contributed by atoms with Crippen molar-refractivity contribution in [3.63, 3.8) is 0 Å². The number of carbonyl (C=O) groups is 1. The van der Waals surface area contributed by atoms with Crippen LogP contribution in [0.15, 0.2) is 36.4 Å². The van der Waals surface area contributed by atoms with E-state index in [1.807, 2.05) is 12.1 Å². The first kappa shape index (κ1) is 24.2. The zero-order chi connectivity index (χ0) is 24.4. The highest BCUT2D eigenvalue weighted by Gasteiger charge is 2.23. The van der Waals surface area contributed by atoms with Gasteiger partial charge in [0.15, 0.2) is 18.2 Å². The summed E-state index contributed by atoms with van der Waals surface area (Å²) < 4.78 is 18.8. The molecule has 1 saturated heterocycles. The van der Waals surface area contributed by atoms with Gasteiger partial charge >= 0.3 is 0 Å². The number of aromatic nitrogens is 2. The number of rotatable bonds is 5. The summed E-state index contributed by atoms with van der Waals surface area (Å²) in [7, 11) is 0. The van der Waals surface area contributed by atoms with Crippen LogP contribution in [0.5, 0.6) is 5.75 Å². The summed E-state index contributed by atoms with van der Waals surface area (Å²) in [5, 5.41) is 8.94. The quantitative estimate of drug-likeness (QED) is 0.477. The van der Waals surface area contributed by atoms with Crippen LogP contribution in [0.3, 0.4) is 0 Å². The van der Waals surface area contributed by atoms with Crippen LogP contribution in [-0.2, 0) is 4.79 Å². The summed E-state index contributed by atoms with van der Waals surface area (Å²) in [5.41, 5.74) is 5.57. The van der Waals surface area contributed by atoms with Crippen LogP contribution in [0.2, 0.25) is 10.0 Å². The van der Waals surface area contributed by atoms with E-state index in [4.69, 9.17) is 27.9 Å². The standard InChI is InChI=1S/C25H25Cl2FN4O2/c1-15-10-17(3)19(11-16(15)2)22-4-5-23(30-29-22)31-6-8-32(9-7-31)24(33)14-34-25-20(26)12-18(28)13-21(25)27/h4-5,10-13H,6-9,14H2,1-3H3. The third-order valence-electron chi connectivity index (χ3n) is 6.03. The smallest absolute Gasteiger partial charge is 0.260 e. The van der Waals surface area contributed by atoms with Gasteiger partial charge in [0.25, 0.3) is 5.91 Å². The van der Waals surface area contributed by atoms with E-state index in [9.17, 15) is 9.18 Å². The lowest BCUT2D eigenvalue weighted by atomic mass is 9.99. The number of nitrogens with zero attached hydrogens (tertiary/aromatic N) is 4. The first-order valence-corrected chi connectivity index (χ1v) is 11.7. The molecule has 178 valence electrons. The van der Waals surface area contributed by atoms with E-state index >= 15 is 0 Å². The fourth-order valence-electron chi connectivity index (χ4n) is 3.95. The molecule has 1 aliphatic rings. The number of carbonyl (C=O) groups excluding carboxylic acids is 1. The Morgan fingerprint density at radius 3 is 2.21 bits per heavy atom. The monoisotopic (exact) mass is 502 g/mol. The second kappa shape index (κ2) is 10.2. The normalized spacial score (nSPS) is 13.8. The van der Waals surface area contributed by atoms with Crippen LogP contribution >= 0.6 is 23.2 Å². The lowest BCUT2D eigenvalue weighted by molar-refractivity contribution is -0.133. The van der Waals surface area contributed by atoms with Crippen LogP contribution in [-0.4, -0.2) is 53.8 Å². The Balaban J connectivity index is 1.34. The van der Waals surface area contributed by atoms with Crippen LogP contribution < -0.4 is 9.64 Å². The topological polar surface area (TPSA) is 58.6 Å². The van der Waals surface area contributed by atoms with E-state index in [2.05, 4.69) is 48.0 Å². The first-order valence-electron chi connectivity index (χ1n) is 10.9. The third-order valence-corrected chi connectivity index (χ3v) is 6.59. The van der Waals surface area contributed by atoms with Crippen molar-refractivity contribution in [2.45, 2.75) is 20.8 Å². The van der Waals surface area contributed by atoms with E-state index in [0.29, 0.717) is 26.2 Å². The lowest BCUT2D eigenvalue weighted by Gasteiger charge is -2.35. The highest BCUT2D eigenvalue weighted by molar-refractivity contribution is 6.37. The number of benzene rings is 2. The zero-order valence-electron chi connectivity index (χ0n) is 19.2. The van der Waals surface area contributed by atoms with Gasteiger partial charge in [-0.05, 0) is 67.8 Å². The minimum Gasteiger partial charge on any atom is -0.481 e. The Morgan fingerprint density at radius 2 is 1.59 bits per heavy atom. The Bertz CT molecular complexity index is 1190. The zero-order valence-corrected chi connectivity index (χ0v) is 20.8. The number of hydrogen-bond acceptors (Lipinski definition) is 5. The van der Waals surface area contributed by atoms with Gasteiger partial charge in [-0.15, -0.1) is 10.2 Å². The van der Waals surface area contributed by atoms with Gasteiger partial charge in [-0.25, -0.2) is 4.39 Å². The van der Waals surface area contributed by atoms with Crippen molar-refractivity contribution in [2.24, 2.45) is 0 Å². The molecule has 9 heteroatoms. The predicted octanol–water partition coefficient (Wildman–Crippen LogP) is 5.24. The second-order valence-electron chi connectivity index (χ2n) is 8.38. The number of amides is 1.